The van der Waals surface area contributed by atoms with E-state index in [4.69, 9.17) is 0 Å². The molecule has 1 aromatic rings. The summed E-state index contributed by atoms with van der Waals surface area (Å²) in [5.41, 5.74) is 2.22. The lowest BCUT2D eigenvalue weighted by atomic mass is 9.92. The highest BCUT2D eigenvalue weighted by Crippen LogP contribution is 2.12. The SMILES string of the molecule is CC(=O)C(Cc1ccc(C)cc1)C(C)=O. The van der Waals surface area contributed by atoms with Crippen molar-refractivity contribution >= 4 is 11.6 Å². The molecular formula is C13H16O2. The van der Waals surface area contributed by atoms with E-state index in [0.29, 0.717) is 6.42 Å². The fraction of sp³-hybridized carbons (Fsp3) is 0.385. The van der Waals surface area contributed by atoms with E-state index in [0.717, 1.165) is 5.56 Å². The molecule has 0 bridgehead atoms. The number of hydrogen-bond acceptors (Lipinski definition) is 2. The quantitative estimate of drug-likeness (QED) is 0.705. The Morgan fingerprint density at radius 3 is 1.93 bits per heavy atom. The van der Waals surface area contributed by atoms with Crippen LogP contribution >= 0.6 is 0 Å². The van der Waals surface area contributed by atoms with Crippen molar-refractivity contribution in [1.82, 2.24) is 0 Å². The van der Waals surface area contributed by atoms with Crippen LogP contribution in [0.2, 0.25) is 0 Å². The molecule has 0 N–H and O–H groups in total. The molecule has 0 aromatic heterocycles. The molecule has 0 heterocycles. The summed E-state index contributed by atoms with van der Waals surface area (Å²) in [6.45, 7) is 4.96. The Morgan fingerprint density at radius 2 is 1.53 bits per heavy atom. The number of carbonyl (C=O) groups excluding carboxylic acids is 2. The third-order valence-corrected chi connectivity index (χ3v) is 2.54. The van der Waals surface area contributed by atoms with E-state index >= 15 is 0 Å². The van der Waals surface area contributed by atoms with Crippen molar-refractivity contribution < 1.29 is 9.59 Å². The van der Waals surface area contributed by atoms with Gasteiger partial charge in [0.15, 0.2) is 0 Å². The zero-order chi connectivity index (χ0) is 11.4. The zero-order valence-electron chi connectivity index (χ0n) is 9.41. The molecule has 1 aromatic carbocycles. The number of ketones is 2. The number of rotatable bonds is 4. The number of aryl methyl sites for hydroxylation is 1. The first-order valence-electron chi connectivity index (χ1n) is 5.07. The predicted molar refractivity (Wildman–Crippen MR) is 59.7 cm³/mol. The molecule has 0 aliphatic rings. The minimum absolute atomic E-state index is 0.0527. The van der Waals surface area contributed by atoms with Gasteiger partial charge in [-0.15, -0.1) is 0 Å². The third kappa shape index (κ3) is 3.31. The Hall–Kier alpha value is -1.44. The maximum Gasteiger partial charge on any atom is 0.140 e. The number of Topliss-reactive ketones (excluding diaryl/α,β-unsaturated/α-hetero) is 2. The van der Waals surface area contributed by atoms with E-state index in [1.165, 1.54) is 19.4 Å². The van der Waals surface area contributed by atoms with Gasteiger partial charge < -0.3 is 0 Å². The Morgan fingerprint density at radius 1 is 1.07 bits per heavy atom. The van der Waals surface area contributed by atoms with E-state index in [1.807, 2.05) is 31.2 Å². The van der Waals surface area contributed by atoms with Gasteiger partial charge in [0.2, 0.25) is 0 Å². The fourth-order valence-electron chi connectivity index (χ4n) is 1.53. The first kappa shape index (κ1) is 11.6. The van der Waals surface area contributed by atoms with Crippen LogP contribution in [0.15, 0.2) is 24.3 Å². The molecule has 2 nitrogen and oxygen atoms in total. The van der Waals surface area contributed by atoms with Crippen molar-refractivity contribution in [3.8, 4) is 0 Å². The largest absolute Gasteiger partial charge is 0.299 e. The first-order valence-corrected chi connectivity index (χ1v) is 5.07. The van der Waals surface area contributed by atoms with Crippen LogP contribution < -0.4 is 0 Å². The summed E-state index contributed by atoms with van der Waals surface area (Å²) < 4.78 is 0. The Bertz CT molecular complexity index is 349. The average Bonchev–Trinajstić information content (AvgIpc) is 2.15. The average molecular weight is 204 g/mol. The Labute approximate surface area is 90.3 Å². The summed E-state index contributed by atoms with van der Waals surface area (Å²) in [4.78, 5) is 22.5. The summed E-state index contributed by atoms with van der Waals surface area (Å²) in [6.07, 6.45) is 0.519. The van der Waals surface area contributed by atoms with E-state index < -0.39 is 5.92 Å². The van der Waals surface area contributed by atoms with Gasteiger partial charge in [-0.2, -0.15) is 0 Å². The molecular weight excluding hydrogens is 188 g/mol. The van der Waals surface area contributed by atoms with Gasteiger partial charge in [0.1, 0.15) is 11.6 Å². The van der Waals surface area contributed by atoms with E-state index in [2.05, 4.69) is 0 Å². The highest BCUT2D eigenvalue weighted by atomic mass is 16.1. The van der Waals surface area contributed by atoms with Crippen molar-refractivity contribution in [3.05, 3.63) is 35.4 Å². The number of hydrogen-bond donors (Lipinski definition) is 0. The van der Waals surface area contributed by atoms with E-state index in [-0.39, 0.29) is 11.6 Å². The van der Waals surface area contributed by atoms with Crippen LogP contribution in [-0.4, -0.2) is 11.6 Å². The second-order valence-corrected chi connectivity index (χ2v) is 3.96. The van der Waals surface area contributed by atoms with Crippen molar-refractivity contribution in [2.45, 2.75) is 27.2 Å². The molecule has 0 aliphatic carbocycles. The van der Waals surface area contributed by atoms with Gasteiger partial charge in [-0.3, -0.25) is 9.59 Å². The molecule has 0 aliphatic heterocycles. The van der Waals surface area contributed by atoms with Crippen LogP contribution in [0.3, 0.4) is 0 Å². The van der Waals surface area contributed by atoms with Gasteiger partial charge in [-0.05, 0) is 32.8 Å². The van der Waals surface area contributed by atoms with Gasteiger partial charge in [0.05, 0.1) is 5.92 Å². The van der Waals surface area contributed by atoms with Gasteiger partial charge in [0, 0.05) is 0 Å². The maximum absolute atomic E-state index is 11.2. The van der Waals surface area contributed by atoms with Crippen LogP contribution in [0.1, 0.15) is 25.0 Å². The van der Waals surface area contributed by atoms with Gasteiger partial charge in [-0.25, -0.2) is 0 Å². The molecule has 0 fully saturated rings. The highest BCUT2D eigenvalue weighted by Gasteiger charge is 2.19. The normalized spacial score (nSPS) is 10.4. The summed E-state index contributed by atoms with van der Waals surface area (Å²) in [5.74, 6) is -0.584. The molecule has 15 heavy (non-hydrogen) atoms. The molecule has 80 valence electrons. The summed E-state index contributed by atoms with van der Waals surface area (Å²) in [7, 11) is 0. The Balaban J connectivity index is 2.79. The molecule has 0 spiro atoms. The third-order valence-electron chi connectivity index (χ3n) is 2.54. The van der Waals surface area contributed by atoms with Crippen molar-refractivity contribution in [2.75, 3.05) is 0 Å². The molecule has 1 rings (SSSR count). The monoisotopic (exact) mass is 204 g/mol. The molecule has 0 atom stereocenters. The maximum atomic E-state index is 11.2. The second-order valence-electron chi connectivity index (χ2n) is 3.96. The van der Waals surface area contributed by atoms with Crippen molar-refractivity contribution in [2.24, 2.45) is 5.92 Å². The highest BCUT2D eigenvalue weighted by molar-refractivity contribution is 6.00. The van der Waals surface area contributed by atoms with Gasteiger partial charge >= 0.3 is 0 Å². The summed E-state index contributed by atoms with van der Waals surface area (Å²) in [5, 5.41) is 0. The Kier molecular flexibility index (Phi) is 3.78. The predicted octanol–water partition coefficient (Wildman–Crippen LogP) is 2.33. The van der Waals surface area contributed by atoms with Crippen LogP contribution in [-0.2, 0) is 16.0 Å². The minimum Gasteiger partial charge on any atom is -0.299 e. The van der Waals surface area contributed by atoms with Crippen molar-refractivity contribution in [1.29, 1.82) is 0 Å². The molecule has 0 unspecified atom stereocenters. The fourth-order valence-corrected chi connectivity index (χ4v) is 1.53. The lowest BCUT2D eigenvalue weighted by Gasteiger charge is -2.10. The van der Waals surface area contributed by atoms with Crippen LogP contribution in [0.25, 0.3) is 0 Å². The van der Waals surface area contributed by atoms with Crippen LogP contribution in [0.4, 0.5) is 0 Å². The van der Waals surface area contributed by atoms with E-state index in [9.17, 15) is 9.59 Å². The first-order chi connectivity index (χ1) is 7.00. The molecule has 2 heteroatoms. The zero-order valence-corrected chi connectivity index (χ0v) is 9.41. The number of carbonyl (C=O) groups is 2. The number of benzene rings is 1. The lowest BCUT2D eigenvalue weighted by molar-refractivity contribution is -0.130. The molecule has 0 radical (unpaired) electrons. The van der Waals surface area contributed by atoms with Crippen LogP contribution in [0, 0.1) is 12.8 Å². The summed E-state index contributed by atoms with van der Waals surface area (Å²) >= 11 is 0. The molecule has 0 saturated carbocycles. The summed E-state index contributed by atoms with van der Waals surface area (Å²) in [6, 6.07) is 7.92. The molecule has 0 amide bonds. The van der Waals surface area contributed by atoms with Crippen molar-refractivity contribution in [3.63, 3.8) is 0 Å². The van der Waals surface area contributed by atoms with Crippen LogP contribution in [0.5, 0.6) is 0 Å². The second kappa shape index (κ2) is 4.87. The van der Waals surface area contributed by atoms with Gasteiger partial charge in [-0.1, -0.05) is 29.8 Å². The van der Waals surface area contributed by atoms with E-state index in [1.54, 1.807) is 0 Å². The standard InChI is InChI=1S/C13H16O2/c1-9-4-6-12(7-5-9)8-13(10(2)14)11(3)15/h4-7,13H,8H2,1-3H3. The lowest BCUT2D eigenvalue weighted by Crippen LogP contribution is -2.21. The minimum atomic E-state index is -0.479. The smallest absolute Gasteiger partial charge is 0.140 e. The topological polar surface area (TPSA) is 34.1 Å². The molecule has 0 saturated heterocycles. The van der Waals surface area contributed by atoms with Gasteiger partial charge in [0.25, 0.3) is 0 Å².